The second-order valence-electron chi connectivity index (χ2n) is 8.26. The third kappa shape index (κ3) is 8.18. The third-order valence-electron chi connectivity index (χ3n) is 5.42. The molecule has 0 bridgehead atoms. The van der Waals surface area contributed by atoms with E-state index in [0.717, 1.165) is 11.6 Å². The minimum absolute atomic E-state index is 0.0114. The highest BCUT2D eigenvalue weighted by Gasteiger charge is 2.45. The van der Waals surface area contributed by atoms with Crippen molar-refractivity contribution in [3.05, 3.63) is 71.5 Å². The first-order valence-corrected chi connectivity index (χ1v) is 11.5. The molecule has 204 valence electrons. The standard InChI is InChI=1S/C25H28N2O11/c28-16-8-6-14(7-9-16)10-17(23(33)34)37-24-22(32)21(31)20(30)18(38-24)11-26-19(29)12-27-25(35)36-13-15-4-2-1-3-5-15/h1-10,18,20-22,24,28,30-32H,11-13H2,(H,26,29)(H,27,35)(H,33,34)/b17-10+/t18-,20+,21+,22-,24-/m1/s1. The molecule has 0 saturated carbocycles. The fourth-order valence-corrected chi connectivity index (χ4v) is 3.38. The second-order valence-corrected chi connectivity index (χ2v) is 8.26. The smallest absolute Gasteiger partial charge is 0.407 e. The summed E-state index contributed by atoms with van der Waals surface area (Å²) >= 11 is 0. The van der Waals surface area contributed by atoms with Crippen LogP contribution in [-0.2, 0) is 30.4 Å². The normalized spacial score (nSPS) is 23.2. The van der Waals surface area contributed by atoms with Gasteiger partial charge in [-0.3, -0.25) is 4.79 Å². The Morgan fingerprint density at radius 1 is 0.921 bits per heavy atom. The van der Waals surface area contributed by atoms with Crippen LogP contribution in [0.4, 0.5) is 4.79 Å². The molecule has 1 fully saturated rings. The fourth-order valence-electron chi connectivity index (χ4n) is 3.38. The second kappa shape index (κ2) is 13.4. The van der Waals surface area contributed by atoms with Crippen LogP contribution in [0.5, 0.6) is 5.75 Å². The molecule has 13 nitrogen and oxygen atoms in total. The summed E-state index contributed by atoms with van der Waals surface area (Å²) in [5.74, 6) is -2.87. The highest BCUT2D eigenvalue weighted by atomic mass is 16.7. The molecule has 0 unspecified atom stereocenters. The summed E-state index contributed by atoms with van der Waals surface area (Å²) in [6.45, 7) is -0.813. The number of aliphatic carboxylic acids is 1. The van der Waals surface area contributed by atoms with E-state index in [1.54, 1.807) is 24.3 Å². The summed E-state index contributed by atoms with van der Waals surface area (Å²) in [6.07, 6.45) is -7.98. The number of carbonyl (C=O) groups is 3. The lowest BCUT2D eigenvalue weighted by atomic mass is 9.99. The molecule has 1 heterocycles. The average Bonchev–Trinajstić information content (AvgIpc) is 2.91. The number of hydrogen-bond donors (Lipinski definition) is 7. The summed E-state index contributed by atoms with van der Waals surface area (Å²) in [4.78, 5) is 35.6. The Balaban J connectivity index is 1.52. The van der Waals surface area contributed by atoms with E-state index in [2.05, 4.69) is 10.6 Å². The number of carboxylic acids is 1. The zero-order valence-electron chi connectivity index (χ0n) is 20.0. The van der Waals surface area contributed by atoms with Gasteiger partial charge in [0.15, 0.2) is 0 Å². The van der Waals surface area contributed by atoms with Crippen LogP contribution in [0.3, 0.4) is 0 Å². The van der Waals surface area contributed by atoms with E-state index in [1.807, 2.05) is 6.07 Å². The van der Waals surface area contributed by atoms with Crippen molar-refractivity contribution in [2.45, 2.75) is 37.3 Å². The van der Waals surface area contributed by atoms with Gasteiger partial charge in [0.2, 0.25) is 18.0 Å². The Kier molecular flexibility index (Phi) is 10.0. The van der Waals surface area contributed by atoms with E-state index in [0.29, 0.717) is 5.56 Å². The monoisotopic (exact) mass is 532 g/mol. The van der Waals surface area contributed by atoms with Gasteiger partial charge in [-0.15, -0.1) is 0 Å². The molecule has 0 spiro atoms. The number of hydrogen-bond acceptors (Lipinski definition) is 10. The Morgan fingerprint density at radius 2 is 1.61 bits per heavy atom. The van der Waals surface area contributed by atoms with Crippen LogP contribution in [0.25, 0.3) is 6.08 Å². The lowest BCUT2D eigenvalue weighted by Gasteiger charge is -2.40. The van der Waals surface area contributed by atoms with Crippen LogP contribution < -0.4 is 10.6 Å². The summed E-state index contributed by atoms with van der Waals surface area (Å²) in [7, 11) is 0. The molecule has 5 atom stereocenters. The topological polar surface area (TPSA) is 204 Å². The maximum absolute atomic E-state index is 12.1. The van der Waals surface area contributed by atoms with Crippen LogP contribution in [0.2, 0.25) is 0 Å². The number of carboxylic acid groups (broad SMARTS) is 1. The van der Waals surface area contributed by atoms with E-state index < -0.39 is 61.0 Å². The van der Waals surface area contributed by atoms with Gasteiger partial charge in [-0.1, -0.05) is 42.5 Å². The Hall–Kier alpha value is -4.17. The Morgan fingerprint density at radius 3 is 2.26 bits per heavy atom. The minimum atomic E-state index is -1.82. The number of aliphatic hydroxyl groups excluding tert-OH is 3. The quantitative estimate of drug-likeness (QED) is 0.156. The predicted octanol–water partition coefficient (Wildman–Crippen LogP) is -0.315. The molecule has 2 amide bonds. The molecule has 2 aromatic rings. The molecule has 1 saturated heterocycles. The van der Waals surface area contributed by atoms with E-state index in [1.165, 1.54) is 24.3 Å². The average molecular weight is 533 g/mol. The van der Waals surface area contributed by atoms with Crippen LogP contribution in [0.1, 0.15) is 11.1 Å². The first-order chi connectivity index (χ1) is 18.1. The summed E-state index contributed by atoms with van der Waals surface area (Å²) in [5.41, 5.74) is 1.11. The van der Waals surface area contributed by atoms with Gasteiger partial charge in [0, 0.05) is 6.54 Å². The van der Waals surface area contributed by atoms with Crippen molar-refractivity contribution in [2.24, 2.45) is 0 Å². The van der Waals surface area contributed by atoms with Crippen molar-refractivity contribution in [1.29, 1.82) is 0 Å². The van der Waals surface area contributed by atoms with Crippen LogP contribution in [-0.4, -0.2) is 87.3 Å². The number of ether oxygens (including phenoxy) is 3. The van der Waals surface area contributed by atoms with Crippen molar-refractivity contribution in [3.8, 4) is 5.75 Å². The van der Waals surface area contributed by atoms with E-state index >= 15 is 0 Å². The van der Waals surface area contributed by atoms with Gasteiger partial charge < -0.3 is 50.4 Å². The van der Waals surface area contributed by atoms with Gasteiger partial charge >= 0.3 is 12.1 Å². The summed E-state index contributed by atoms with van der Waals surface area (Å²) in [5, 5.41) is 54.2. The molecule has 7 N–H and O–H groups in total. The molecule has 1 aliphatic heterocycles. The number of phenols is 1. The van der Waals surface area contributed by atoms with E-state index in [4.69, 9.17) is 14.2 Å². The van der Waals surface area contributed by atoms with Crippen LogP contribution in [0, 0.1) is 0 Å². The van der Waals surface area contributed by atoms with Gasteiger partial charge in [-0.05, 0) is 29.3 Å². The van der Waals surface area contributed by atoms with Gasteiger partial charge in [0.05, 0.1) is 6.54 Å². The lowest BCUT2D eigenvalue weighted by Crippen LogP contribution is -2.60. The van der Waals surface area contributed by atoms with E-state index in [9.17, 15) is 39.9 Å². The highest BCUT2D eigenvalue weighted by Crippen LogP contribution is 2.25. The number of alkyl carbamates (subject to hydrolysis) is 1. The first kappa shape index (κ1) is 28.4. The van der Waals surface area contributed by atoms with Crippen molar-refractivity contribution in [1.82, 2.24) is 10.6 Å². The van der Waals surface area contributed by atoms with Crippen molar-refractivity contribution in [3.63, 3.8) is 0 Å². The highest BCUT2D eigenvalue weighted by molar-refractivity contribution is 5.89. The number of aliphatic hydroxyl groups is 3. The number of rotatable bonds is 10. The van der Waals surface area contributed by atoms with Crippen molar-refractivity contribution < 1.29 is 54.1 Å². The zero-order valence-corrected chi connectivity index (χ0v) is 20.0. The minimum Gasteiger partial charge on any atom is -0.508 e. The molecule has 13 heteroatoms. The number of phenolic OH excluding ortho intramolecular Hbond substituents is 1. The Bertz CT molecular complexity index is 1120. The number of nitrogens with one attached hydrogen (secondary N) is 2. The molecule has 0 aliphatic carbocycles. The van der Waals surface area contributed by atoms with Crippen LogP contribution in [0.15, 0.2) is 60.4 Å². The number of benzene rings is 2. The lowest BCUT2D eigenvalue weighted by molar-refractivity contribution is -0.285. The first-order valence-electron chi connectivity index (χ1n) is 11.5. The van der Waals surface area contributed by atoms with Crippen molar-refractivity contribution >= 4 is 24.0 Å². The molecule has 0 radical (unpaired) electrons. The number of aromatic hydroxyl groups is 1. The largest absolute Gasteiger partial charge is 0.508 e. The third-order valence-corrected chi connectivity index (χ3v) is 5.42. The van der Waals surface area contributed by atoms with Crippen molar-refractivity contribution in [2.75, 3.05) is 13.1 Å². The number of carbonyl (C=O) groups excluding carboxylic acids is 2. The molecular formula is C25H28N2O11. The fraction of sp³-hybridized carbons (Fsp3) is 0.320. The maximum Gasteiger partial charge on any atom is 0.407 e. The zero-order chi connectivity index (χ0) is 27.7. The van der Waals surface area contributed by atoms with E-state index in [-0.39, 0.29) is 18.9 Å². The number of amides is 2. The molecule has 0 aromatic heterocycles. The van der Waals surface area contributed by atoms with Gasteiger partial charge in [0.25, 0.3) is 0 Å². The molecular weight excluding hydrogens is 504 g/mol. The summed E-state index contributed by atoms with van der Waals surface area (Å²) in [6, 6.07) is 14.4. The maximum atomic E-state index is 12.1. The predicted molar refractivity (Wildman–Crippen MR) is 129 cm³/mol. The van der Waals surface area contributed by atoms with Crippen LogP contribution >= 0.6 is 0 Å². The molecule has 38 heavy (non-hydrogen) atoms. The summed E-state index contributed by atoms with van der Waals surface area (Å²) < 4.78 is 15.7. The molecule has 1 aliphatic rings. The molecule has 2 aromatic carbocycles. The Labute approximate surface area is 216 Å². The van der Waals surface area contributed by atoms with Gasteiger partial charge in [0.1, 0.15) is 36.8 Å². The molecule has 3 rings (SSSR count). The SMILES string of the molecule is O=C(CNC(=O)OCc1ccccc1)NC[C@H]1O[C@@H](O/C(=C/c2ccc(O)cc2)C(=O)O)[C@H](O)[C@@H](O)[C@H]1O. The van der Waals surface area contributed by atoms with Gasteiger partial charge in [-0.25, -0.2) is 9.59 Å². The van der Waals surface area contributed by atoms with Gasteiger partial charge in [-0.2, -0.15) is 0 Å².